The van der Waals surface area contributed by atoms with Crippen molar-refractivity contribution in [2.45, 2.75) is 46.3 Å². The minimum Gasteiger partial charge on any atom is -0.390 e. The summed E-state index contributed by atoms with van der Waals surface area (Å²) in [6, 6.07) is 13.7. The van der Waals surface area contributed by atoms with E-state index < -0.39 is 0 Å². The number of oxime groups is 1. The number of hydrogen-bond acceptors (Lipinski definition) is 3. The number of halogens is 2. The van der Waals surface area contributed by atoms with E-state index in [2.05, 4.69) is 5.16 Å². The standard InChI is InChI=1S/C23H26ClFN2O2/c1-23(2,3)13-22(28)27(14-16-5-4-6-18(24)11-16)15-20-12-21(26-29-20)17-7-9-19(25)10-8-17/h4-11,20H,12-15H2,1-3H3. The monoisotopic (exact) mass is 416 g/mol. The largest absolute Gasteiger partial charge is 0.390 e. The fourth-order valence-electron chi connectivity index (χ4n) is 3.26. The topological polar surface area (TPSA) is 41.9 Å². The molecule has 0 spiro atoms. The second kappa shape index (κ2) is 8.95. The summed E-state index contributed by atoms with van der Waals surface area (Å²) >= 11 is 6.11. The summed E-state index contributed by atoms with van der Waals surface area (Å²) in [5, 5.41) is 4.80. The predicted molar refractivity (Wildman–Crippen MR) is 113 cm³/mol. The number of nitrogens with zero attached hydrogens (tertiary/aromatic N) is 2. The Labute approximate surface area is 176 Å². The van der Waals surface area contributed by atoms with Crippen molar-refractivity contribution in [3.8, 4) is 0 Å². The molecular formula is C23H26ClFN2O2. The van der Waals surface area contributed by atoms with Crippen LogP contribution in [0, 0.1) is 11.2 Å². The molecule has 0 saturated carbocycles. The Morgan fingerprint density at radius 1 is 1.24 bits per heavy atom. The summed E-state index contributed by atoms with van der Waals surface area (Å²) in [5.41, 5.74) is 2.45. The third-order valence-corrected chi connectivity index (χ3v) is 4.87. The molecule has 0 radical (unpaired) electrons. The Balaban J connectivity index is 1.69. The van der Waals surface area contributed by atoms with Crippen molar-refractivity contribution in [2.24, 2.45) is 10.6 Å². The van der Waals surface area contributed by atoms with E-state index in [9.17, 15) is 9.18 Å². The first-order valence-corrected chi connectivity index (χ1v) is 10.1. The summed E-state index contributed by atoms with van der Waals surface area (Å²) in [4.78, 5) is 20.4. The molecule has 0 saturated heterocycles. The molecule has 1 aliphatic heterocycles. The van der Waals surface area contributed by atoms with Crippen LogP contribution in [-0.2, 0) is 16.2 Å². The van der Waals surface area contributed by atoms with Crippen molar-refractivity contribution in [3.05, 3.63) is 70.5 Å². The molecule has 29 heavy (non-hydrogen) atoms. The second-order valence-corrected chi connectivity index (χ2v) is 9.05. The van der Waals surface area contributed by atoms with Gasteiger partial charge in [-0.05, 0) is 40.8 Å². The minimum atomic E-state index is -0.287. The highest BCUT2D eigenvalue weighted by Gasteiger charge is 2.28. The van der Waals surface area contributed by atoms with Crippen LogP contribution in [0.3, 0.4) is 0 Å². The van der Waals surface area contributed by atoms with Crippen molar-refractivity contribution in [2.75, 3.05) is 6.54 Å². The number of rotatable bonds is 6. The fraction of sp³-hybridized carbons (Fsp3) is 0.391. The van der Waals surface area contributed by atoms with Gasteiger partial charge in [0.15, 0.2) is 6.10 Å². The number of carbonyl (C=O) groups is 1. The van der Waals surface area contributed by atoms with E-state index in [1.807, 2.05) is 49.9 Å². The zero-order valence-electron chi connectivity index (χ0n) is 17.0. The molecular weight excluding hydrogens is 391 g/mol. The van der Waals surface area contributed by atoms with Gasteiger partial charge in [0, 0.05) is 24.4 Å². The van der Waals surface area contributed by atoms with Gasteiger partial charge in [0.1, 0.15) is 5.82 Å². The molecule has 0 bridgehead atoms. The van der Waals surface area contributed by atoms with Crippen LogP contribution in [0.15, 0.2) is 53.7 Å². The lowest BCUT2D eigenvalue weighted by Gasteiger charge is -2.28. The van der Waals surface area contributed by atoms with Gasteiger partial charge in [-0.1, -0.05) is 61.8 Å². The van der Waals surface area contributed by atoms with E-state index >= 15 is 0 Å². The van der Waals surface area contributed by atoms with Crippen LogP contribution >= 0.6 is 11.6 Å². The highest BCUT2D eigenvalue weighted by atomic mass is 35.5. The van der Waals surface area contributed by atoms with E-state index in [0.717, 1.165) is 16.8 Å². The van der Waals surface area contributed by atoms with Gasteiger partial charge in [0.2, 0.25) is 5.91 Å². The second-order valence-electron chi connectivity index (χ2n) is 8.62. The Hall–Kier alpha value is -2.40. The molecule has 1 unspecified atom stereocenters. The Kier molecular flexibility index (Phi) is 6.58. The van der Waals surface area contributed by atoms with Crippen LogP contribution in [0.5, 0.6) is 0 Å². The number of amides is 1. The quantitative estimate of drug-likeness (QED) is 0.629. The molecule has 1 aliphatic rings. The normalized spacial score (nSPS) is 16.3. The highest BCUT2D eigenvalue weighted by molar-refractivity contribution is 6.30. The van der Waals surface area contributed by atoms with Gasteiger partial charge in [-0.2, -0.15) is 0 Å². The Morgan fingerprint density at radius 2 is 1.97 bits per heavy atom. The van der Waals surface area contributed by atoms with Crippen molar-refractivity contribution in [1.29, 1.82) is 0 Å². The van der Waals surface area contributed by atoms with Crippen molar-refractivity contribution in [1.82, 2.24) is 4.90 Å². The number of carbonyl (C=O) groups excluding carboxylic acids is 1. The van der Waals surface area contributed by atoms with Crippen LogP contribution in [0.2, 0.25) is 5.02 Å². The van der Waals surface area contributed by atoms with Crippen LogP contribution in [0.1, 0.15) is 44.7 Å². The summed E-state index contributed by atoms with van der Waals surface area (Å²) in [6.45, 7) is 7.02. The van der Waals surface area contributed by atoms with Gasteiger partial charge in [-0.3, -0.25) is 4.79 Å². The molecule has 3 rings (SSSR count). The maximum atomic E-state index is 13.2. The maximum absolute atomic E-state index is 13.2. The number of hydrogen-bond donors (Lipinski definition) is 0. The molecule has 0 aromatic heterocycles. The first-order valence-electron chi connectivity index (χ1n) is 9.70. The minimum absolute atomic E-state index is 0.0660. The van der Waals surface area contributed by atoms with Crippen molar-refractivity contribution >= 4 is 23.2 Å². The first-order chi connectivity index (χ1) is 13.7. The average Bonchev–Trinajstić information content (AvgIpc) is 3.09. The Morgan fingerprint density at radius 3 is 2.62 bits per heavy atom. The predicted octanol–water partition coefficient (Wildman–Crippen LogP) is 5.44. The van der Waals surface area contributed by atoms with Gasteiger partial charge in [0.05, 0.1) is 12.3 Å². The lowest BCUT2D eigenvalue weighted by molar-refractivity contribution is -0.135. The van der Waals surface area contributed by atoms with Gasteiger partial charge in [0.25, 0.3) is 0 Å². The van der Waals surface area contributed by atoms with Gasteiger partial charge >= 0.3 is 0 Å². The van der Waals surface area contributed by atoms with Crippen LogP contribution in [0.25, 0.3) is 0 Å². The molecule has 6 heteroatoms. The molecule has 0 N–H and O–H groups in total. The third kappa shape index (κ3) is 6.29. The highest BCUT2D eigenvalue weighted by Crippen LogP contribution is 2.24. The molecule has 1 atom stereocenters. The molecule has 2 aromatic carbocycles. The van der Waals surface area contributed by atoms with Crippen LogP contribution < -0.4 is 0 Å². The zero-order chi connectivity index (χ0) is 21.0. The number of benzene rings is 2. The van der Waals surface area contributed by atoms with E-state index in [0.29, 0.717) is 31.0 Å². The molecule has 0 aliphatic carbocycles. The van der Waals surface area contributed by atoms with Crippen LogP contribution in [-0.4, -0.2) is 29.2 Å². The smallest absolute Gasteiger partial charge is 0.223 e. The lowest BCUT2D eigenvalue weighted by atomic mass is 9.91. The third-order valence-electron chi connectivity index (χ3n) is 4.63. The van der Waals surface area contributed by atoms with E-state index in [1.165, 1.54) is 12.1 Å². The molecule has 1 heterocycles. The van der Waals surface area contributed by atoms with E-state index in [1.54, 1.807) is 12.1 Å². The first kappa shape index (κ1) is 21.3. The lowest BCUT2D eigenvalue weighted by Crippen LogP contribution is -2.38. The summed E-state index contributed by atoms with van der Waals surface area (Å²) < 4.78 is 13.2. The average molecular weight is 417 g/mol. The van der Waals surface area contributed by atoms with Gasteiger partial charge < -0.3 is 9.74 Å². The molecule has 2 aromatic rings. The fourth-order valence-corrected chi connectivity index (χ4v) is 3.47. The van der Waals surface area contributed by atoms with Crippen LogP contribution in [0.4, 0.5) is 4.39 Å². The summed E-state index contributed by atoms with van der Waals surface area (Å²) in [5.74, 6) is -0.221. The maximum Gasteiger partial charge on any atom is 0.223 e. The Bertz CT molecular complexity index is 890. The molecule has 4 nitrogen and oxygen atoms in total. The molecule has 0 fully saturated rings. The summed E-state index contributed by atoms with van der Waals surface area (Å²) in [6.07, 6.45) is 0.769. The molecule has 1 amide bonds. The van der Waals surface area contributed by atoms with Crippen molar-refractivity contribution in [3.63, 3.8) is 0 Å². The van der Waals surface area contributed by atoms with E-state index in [-0.39, 0.29) is 23.2 Å². The SMILES string of the molecule is CC(C)(C)CC(=O)N(Cc1cccc(Cl)c1)CC1CC(c2ccc(F)cc2)=NO1. The zero-order valence-corrected chi connectivity index (χ0v) is 17.7. The van der Waals surface area contributed by atoms with Gasteiger partial charge in [-0.25, -0.2) is 4.39 Å². The van der Waals surface area contributed by atoms with Crippen molar-refractivity contribution < 1.29 is 14.0 Å². The molecule has 154 valence electrons. The van der Waals surface area contributed by atoms with Gasteiger partial charge in [-0.15, -0.1) is 0 Å². The summed E-state index contributed by atoms with van der Waals surface area (Å²) in [7, 11) is 0. The van der Waals surface area contributed by atoms with E-state index in [4.69, 9.17) is 16.4 Å².